The molecule has 0 saturated carbocycles. The molecule has 1 atom stereocenters. The van der Waals surface area contributed by atoms with Crippen molar-refractivity contribution in [3.8, 4) is 5.75 Å². The zero-order valence-electron chi connectivity index (χ0n) is 14.1. The molecule has 0 radical (unpaired) electrons. The normalized spacial score (nSPS) is 12.2. The highest BCUT2D eigenvalue weighted by Crippen LogP contribution is 2.28. The summed E-state index contributed by atoms with van der Waals surface area (Å²) in [6.07, 6.45) is 0.889. The summed E-state index contributed by atoms with van der Waals surface area (Å²) < 4.78 is 16.1. The van der Waals surface area contributed by atoms with Gasteiger partial charge in [0.1, 0.15) is 23.3 Å². The summed E-state index contributed by atoms with van der Waals surface area (Å²) >= 11 is 0. The third kappa shape index (κ3) is 3.94. The molecule has 6 nitrogen and oxygen atoms in total. The van der Waals surface area contributed by atoms with E-state index in [-0.39, 0.29) is 29.8 Å². The standard InChI is InChI=1S/C18H22O6/c1-4-6-12-7-8-14(23-10-11(3)19)16-13(20)9-15(24-17(12)16)18(21)22-5-2/h7-9,11,19H,4-6,10H2,1-3H3. The van der Waals surface area contributed by atoms with Crippen LogP contribution in [0.1, 0.15) is 43.3 Å². The molecule has 0 spiro atoms. The van der Waals surface area contributed by atoms with Crippen molar-refractivity contribution in [2.24, 2.45) is 0 Å². The van der Waals surface area contributed by atoms with Gasteiger partial charge < -0.3 is 19.0 Å². The molecule has 0 bridgehead atoms. The van der Waals surface area contributed by atoms with E-state index in [1.807, 2.05) is 6.92 Å². The lowest BCUT2D eigenvalue weighted by atomic mass is 10.1. The monoisotopic (exact) mass is 334 g/mol. The van der Waals surface area contributed by atoms with Crippen molar-refractivity contribution in [1.82, 2.24) is 0 Å². The van der Waals surface area contributed by atoms with Crippen LogP contribution in [0, 0.1) is 0 Å². The van der Waals surface area contributed by atoms with Crippen LogP contribution in [-0.2, 0) is 11.2 Å². The molecule has 130 valence electrons. The van der Waals surface area contributed by atoms with Crippen LogP contribution < -0.4 is 10.2 Å². The highest BCUT2D eigenvalue weighted by molar-refractivity contribution is 5.91. The Hall–Kier alpha value is -2.34. The molecule has 0 amide bonds. The Bertz CT molecular complexity index is 775. The summed E-state index contributed by atoms with van der Waals surface area (Å²) in [5.41, 5.74) is 0.772. The minimum absolute atomic E-state index is 0.0568. The molecule has 24 heavy (non-hydrogen) atoms. The highest BCUT2D eigenvalue weighted by atomic mass is 16.5. The molecule has 1 aromatic heterocycles. The summed E-state index contributed by atoms with van der Waals surface area (Å²) in [5.74, 6) is -0.469. The van der Waals surface area contributed by atoms with E-state index in [1.165, 1.54) is 0 Å². The predicted molar refractivity (Wildman–Crippen MR) is 89.6 cm³/mol. The number of fused-ring (bicyclic) bond motifs is 1. The molecule has 0 aliphatic rings. The van der Waals surface area contributed by atoms with Gasteiger partial charge in [0.25, 0.3) is 0 Å². The zero-order chi connectivity index (χ0) is 17.7. The Morgan fingerprint density at radius 1 is 1.33 bits per heavy atom. The minimum atomic E-state index is -0.672. The Labute approximate surface area is 140 Å². The van der Waals surface area contributed by atoms with Gasteiger partial charge in [0.15, 0.2) is 5.43 Å². The number of aryl methyl sites for hydroxylation is 1. The maximum Gasteiger partial charge on any atom is 0.374 e. The second-order valence-electron chi connectivity index (χ2n) is 5.53. The number of hydrogen-bond acceptors (Lipinski definition) is 6. The van der Waals surface area contributed by atoms with Crippen molar-refractivity contribution in [1.29, 1.82) is 0 Å². The summed E-state index contributed by atoms with van der Waals surface area (Å²) in [4.78, 5) is 24.4. The molecule has 2 aromatic rings. The molecule has 0 aliphatic carbocycles. The maximum absolute atomic E-state index is 12.5. The number of carbonyl (C=O) groups is 1. The van der Waals surface area contributed by atoms with E-state index < -0.39 is 12.1 Å². The lowest BCUT2D eigenvalue weighted by Crippen LogP contribution is -2.15. The second kappa shape index (κ2) is 7.97. The van der Waals surface area contributed by atoms with Gasteiger partial charge in [0.2, 0.25) is 5.76 Å². The fourth-order valence-electron chi connectivity index (χ4n) is 2.39. The van der Waals surface area contributed by atoms with Crippen molar-refractivity contribution in [3.05, 3.63) is 39.7 Å². The molecule has 1 heterocycles. The summed E-state index contributed by atoms with van der Waals surface area (Å²) in [6.45, 7) is 5.54. The summed E-state index contributed by atoms with van der Waals surface area (Å²) in [7, 11) is 0. The van der Waals surface area contributed by atoms with E-state index >= 15 is 0 Å². The van der Waals surface area contributed by atoms with E-state index in [0.717, 1.165) is 18.1 Å². The number of ether oxygens (including phenoxy) is 2. The first-order chi connectivity index (χ1) is 11.5. The average Bonchev–Trinajstić information content (AvgIpc) is 2.54. The molecule has 6 heteroatoms. The van der Waals surface area contributed by atoms with Gasteiger partial charge in [-0.25, -0.2) is 4.79 Å². The Balaban J connectivity index is 2.62. The second-order valence-corrected chi connectivity index (χ2v) is 5.53. The molecule has 1 aromatic carbocycles. The van der Waals surface area contributed by atoms with Crippen molar-refractivity contribution < 1.29 is 23.8 Å². The first kappa shape index (κ1) is 18.0. The smallest absolute Gasteiger partial charge is 0.374 e. The molecule has 0 saturated heterocycles. The van der Waals surface area contributed by atoms with Gasteiger partial charge in [0, 0.05) is 6.07 Å². The Morgan fingerprint density at radius 2 is 2.08 bits per heavy atom. The number of rotatable bonds is 7. The van der Waals surface area contributed by atoms with Gasteiger partial charge in [-0.3, -0.25) is 4.79 Å². The molecule has 1 N–H and O–H groups in total. The van der Waals surface area contributed by atoms with Crippen LogP contribution in [0.4, 0.5) is 0 Å². The number of aliphatic hydroxyl groups is 1. The van der Waals surface area contributed by atoms with Crippen molar-refractivity contribution in [2.75, 3.05) is 13.2 Å². The van der Waals surface area contributed by atoms with E-state index in [1.54, 1.807) is 26.0 Å². The maximum atomic E-state index is 12.5. The first-order valence-corrected chi connectivity index (χ1v) is 8.05. The van der Waals surface area contributed by atoms with Gasteiger partial charge in [-0.2, -0.15) is 0 Å². The van der Waals surface area contributed by atoms with E-state index in [2.05, 4.69) is 0 Å². The summed E-state index contributed by atoms with van der Waals surface area (Å²) in [6, 6.07) is 4.61. The zero-order valence-corrected chi connectivity index (χ0v) is 14.1. The topological polar surface area (TPSA) is 86.0 Å². The average molecular weight is 334 g/mol. The van der Waals surface area contributed by atoms with Crippen molar-refractivity contribution in [2.45, 2.75) is 39.7 Å². The lowest BCUT2D eigenvalue weighted by Gasteiger charge is -2.13. The lowest BCUT2D eigenvalue weighted by molar-refractivity contribution is 0.0490. The largest absolute Gasteiger partial charge is 0.490 e. The van der Waals surface area contributed by atoms with Crippen LogP contribution in [0.2, 0.25) is 0 Å². The minimum Gasteiger partial charge on any atom is -0.490 e. The van der Waals surface area contributed by atoms with Crippen LogP contribution in [0.25, 0.3) is 11.0 Å². The summed E-state index contributed by atoms with van der Waals surface area (Å²) in [5, 5.41) is 9.65. The quantitative estimate of drug-likeness (QED) is 0.784. The number of carbonyl (C=O) groups excluding carboxylic acids is 1. The Kier molecular flexibility index (Phi) is 5.98. The molecule has 1 unspecified atom stereocenters. The Morgan fingerprint density at radius 3 is 2.71 bits per heavy atom. The van der Waals surface area contributed by atoms with Gasteiger partial charge in [-0.1, -0.05) is 19.4 Å². The fourth-order valence-corrected chi connectivity index (χ4v) is 2.39. The first-order valence-electron chi connectivity index (χ1n) is 8.05. The molecule has 0 aliphatic heterocycles. The van der Waals surface area contributed by atoms with Crippen LogP contribution in [-0.4, -0.2) is 30.4 Å². The van der Waals surface area contributed by atoms with Gasteiger partial charge >= 0.3 is 5.97 Å². The van der Waals surface area contributed by atoms with Crippen LogP contribution >= 0.6 is 0 Å². The third-order valence-corrected chi connectivity index (χ3v) is 3.40. The predicted octanol–water partition coefficient (Wildman–Crippen LogP) is 2.68. The van der Waals surface area contributed by atoms with Crippen LogP contribution in [0.3, 0.4) is 0 Å². The van der Waals surface area contributed by atoms with E-state index in [9.17, 15) is 14.7 Å². The van der Waals surface area contributed by atoms with E-state index in [0.29, 0.717) is 17.8 Å². The number of benzene rings is 1. The number of aliphatic hydroxyl groups excluding tert-OH is 1. The third-order valence-electron chi connectivity index (χ3n) is 3.40. The van der Waals surface area contributed by atoms with Gasteiger partial charge in [0.05, 0.1) is 12.7 Å². The van der Waals surface area contributed by atoms with Gasteiger partial charge in [-0.15, -0.1) is 0 Å². The molecule has 2 rings (SSSR count). The molecule has 0 fully saturated rings. The fraction of sp³-hybridized carbons (Fsp3) is 0.444. The van der Waals surface area contributed by atoms with Gasteiger partial charge in [-0.05, 0) is 31.9 Å². The van der Waals surface area contributed by atoms with E-state index in [4.69, 9.17) is 13.9 Å². The van der Waals surface area contributed by atoms with Crippen molar-refractivity contribution in [3.63, 3.8) is 0 Å². The highest BCUT2D eigenvalue weighted by Gasteiger charge is 2.18. The number of hydrogen-bond donors (Lipinski definition) is 1. The molecular formula is C18H22O6. The van der Waals surface area contributed by atoms with Crippen LogP contribution in [0.15, 0.2) is 27.4 Å². The molecular weight excluding hydrogens is 312 g/mol. The SMILES string of the molecule is CCCc1ccc(OCC(C)O)c2c(=O)cc(C(=O)OCC)oc12. The van der Waals surface area contributed by atoms with Crippen molar-refractivity contribution >= 4 is 16.9 Å². The number of esters is 1. The van der Waals surface area contributed by atoms with Crippen LogP contribution in [0.5, 0.6) is 5.75 Å².